The number of para-hydroxylation sites is 1. The van der Waals surface area contributed by atoms with Crippen molar-refractivity contribution in [3.05, 3.63) is 105 Å². The number of halogens is 2. The Bertz CT molecular complexity index is 1180. The van der Waals surface area contributed by atoms with Crippen molar-refractivity contribution in [2.75, 3.05) is 0 Å². The minimum absolute atomic E-state index is 0.164. The SMILES string of the molecule is O=C(c1ccccc1)n1c(-c2ccccc2)csc1=Nc1c(Cl)cccc1Cl. The van der Waals surface area contributed by atoms with E-state index in [1.165, 1.54) is 11.3 Å². The Morgan fingerprint density at radius 2 is 1.43 bits per heavy atom. The molecule has 28 heavy (non-hydrogen) atoms. The van der Waals surface area contributed by atoms with Gasteiger partial charge in [0.15, 0.2) is 4.80 Å². The molecule has 0 fully saturated rings. The van der Waals surface area contributed by atoms with Crippen LogP contribution < -0.4 is 4.80 Å². The van der Waals surface area contributed by atoms with Crippen LogP contribution in [0.25, 0.3) is 11.3 Å². The zero-order valence-corrected chi connectivity index (χ0v) is 16.9. The highest BCUT2D eigenvalue weighted by atomic mass is 35.5. The maximum atomic E-state index is 13.3. The van der Waals surface area contributed by atoms with Gasteiger partial charge in [-0.25, -0.2) is 4.99 Å². The van der Waals surface area contributed by atoms with Crippen molar-refractivity contribution in [1.29, 1.82) is 0 Å². The molecule has 0 radical (unpaired) electrons. The van der Waals surface area contributed by atoms with E-state index in [9.17, 15) is 4.79 Å². The van der Waals surface area contributed by atoms with Crippen LogP contribution in [0.5, 0.6) is 0 Å². The van der Waals surface area contributed by atoms with Crippen molar-refractivity contribution in [3.8, 4) is 11.3 Å². The van der Waals surface area contributed by atoms with Crippen LogP contribution in [0, 0.1) is 0 Å². The van der Waals surface area contributed by atoms with E-state index in [2.05, 4.69) is 4.99 Å². The summed E-state index contributed by atoms with van der Waals surface area (Å²) in [7, 11) is 0. The molecule has 0 saturated heterocycles. The van der Waals surface area contributed by atoms with Crippen molar-refractivity contribution in [2.45, 2.75) is 0 Å². The first-order valence-electron chi connectivity index (χ1n) is 8.49. The molecule has 1 heterocycles. The number of rotatable bonds is 3. The van der Waals surface area contributed by atoms with E-state index in [-0.39, 0.29) is 5.91 Å². The van der Waals surface area contributed by atoms with Gasteiger partial charge in [0.2, 0.25) is 0 Å². The van der Waals surface area contributed by atoms with Gasteiger partial charge in [0.1, 0.15) is 5.69 Å². The van der Waals surface area contributed by atoms with E-state index in [1.54, 1.807) is 34.9 Å². The van der Waals surface area contributed by atoms with Gasteiger partial charge in [-0.05, 0) is 29.8 Å². The highest BCUT2D eigenvalue weighted by molar-refractivity contribution is 7.07. The molecule has 0 N–H and O–H groups in total. The summed E-state index contributed by atoms with van der Waals surface area (Å²) in [6.45, 7) is 0. The summed E-state index contributed by atoms with van der Waals surface area (Å²) in [5.41, 5.74) is 2.71. The lowest BCUT2D eigenvalue weighted by Gasteiger charge is -2.08. The second-order valence-corrected chi connectivity index (χ2v) is 7.61. The number of carbonyl (C=O) groups is 1. The van der Waals surface area contributed by atoms with Gasteiger partial charge in [0.25, 0.3) is 5.91 Å². The summed E-state index contributed by atoms with van der Waals surface area (Å²) in [5, 5.41) is 2.78. The molecule has 0 unspecified atom stereocenters. The van der Waals surface area contributed by atoms with Gasteiger partial charge in [-0.3, -0.25) is 9.36 Å². The summed E-state index contributed by atoms with van der Waals surface area (Å²) >= 11 is 13.9. The average Bonchev–Trinajstić information content (AvgIpc) is 3.15. The van der Waals surface area contributed by atoms with Gasteiger partial charge in [-0.2, -0.15) is 0 Å². The topological polar surface area (TPSA) is 34.4 Å². The molecule has 0 saturated carbocycles. The third kappa shape index (κ3) is 3.67. The Kier molecular flexibility index (Phi) is 5.44. The summed E-state index contributed by atoms with van der Waals surface area (Å²) < 4.78 is 1.61. The minimum atomic E-state index is -0.164. The number of thiazole rings is 1. The molecule has 4 rings (SSSR count). The molecule has 0 aliphatic rings. The lowest BCUT2D eigenvalue weighted by molar-refractivity contribution is 0.0959. The normalized spacial score (nSPS) is 11.6. The van der Waals surface area contributed by atoms with Gasteiger partial charge in [0, 0.05) is 10.9 Å². The number of carbonyl (C=O) groups excluding carboxylic acids is 1. The van der Waals surface area contributed by atoms with E-state index in [0.29, 0.717) is 26.1 Å². The zero-order valence-electron chi connectivity index (χ0n) is 14.5. The molecule has 4 aromatic rings. The summed E-state index contributed by atoms with van der Waals surface area (Å²) in [6.07, 6.45) is 0. The monoisotopic (exact) mass is 424 g/mol. The van der Waals surface area contributed by atoms with E-state index in [0.717, 1.165) is 11.3 Å². The van der Waals surface area contributed by atoms with Crippen LogP contribution in [-0.4, -0.2) is 10.5 Å². The first-order chi connectivity index (χ1) is 13.6. The third-order valence-electron chi connectivity index (χ3n) is 4.15. The molecule has 0 atom stereocenters. The molecule has 138 valence electrons. The Labute approximate surface area is 176 Å². The highest BCUT2D eigenvalue weighted by Crippen LogP contribution is 2.32. The van der Waals surface area contributed by atoms with E-state index in [4.69, 9.17) is 23.2 Å². The molecule has 0 bridgehead atoms. The van der Waals surface area contributed by atoms with Crippen LogP contribution >= 0.6 is 34.5 Å². The van der Waals surface area contributed by atoms with Crippen LogP contribution in [0.3, 0.4) is 0 Å². The Balaban J connectivity index is 1.97. The fraction of sp³-hybridized carbons (Fsp3) is 0. The largest absolute Gasteiger partial charge is 0.268 e. The first-order valence-corrected chi connectivity index (χ1v) is 10.1. The predicted molar refractivity (Wildman–Crippen MR) is 116 cm³/mol. The number of benzene rings is 3. The fourth-order valence-electron chi connectivity index (χ4n) is 2.80. The Hall–Kier alpha value is -2.66. The van der Waals surface area contributed by atoms with E-state index >= 15 is 0 Å². The van der Waals surface area contributed by atoms with E-state index in [1.807, 2.05) is 53.9 Å². The van der Waals surface area contributed by atoms with Crippen LogP contribution in [0.2, 0.25) is 10.0 Å². The molecule has 0 amide bonds. The van der Waals surface area contributed by atoms with E-state index < -0.39 is 0 Å². The molecule has 1 aromatic heterocycles. The fourth-order valence-corrected chi connectivity index (χ4v) is 4.17. The molecule has 6 heteroatoms. The molecule has 0 spiro atoms. The van der Waals surface area contributed by atoms with Gasteiger partial charge in [-0.1, -0.05) is 77.8 Å². The minimum Gasteiger partial charge on any atom is -0.268 e. The summed E-state index contributed by atoms with van der Waals surface area (Å²) in [6, 6.07) is 24.1. The summed E-state index contributed by atoms with van der Waals surface area (Å²) in [5.74, 6) is -0.164. The van der Waals surface area contributed by atoms with Crippen LogP contribution in [0.1, 0.15) is 10.4 Å². The van der Waals surface area contributed by atoms with Gasteiger partial charge < -0.3 is 0 Å². The number of hydrogen-bond acceptors (Lipinski definition) is 3. The van der Waals surface area contributed by atoms with Crippen LogP contribution in [0.15, 0.2) is 89.2 Å². The van der Waals surface area contributed by atoms with Crippen molar-refractivity contribution in [1.82, 2.24) is 4.57 Å². The van der Waals surface area contributed by atoms with Gasteiger partial charge in [0.05, 0.1) is 15.7 Å². The highest BCUT2D eigenvalue weighted by Gasteiger charge is 2.17. The predicted octanol–water partition coefficient (Wildman–Crippen LogP) is 6.44. The third-order valence-corrected chi connectivity index (χ3v) is 5.58. The average molecular weight is 425 g/mol. The molecular weight excluding hydrogens is 411 g/mol. The second-order valence-electron chi connectivity index (χ2n) is 5.96. The van der Waals surface area contributed by atoms with Crippen LogP contribution in [0.4, 0.5) is 5.69 Å². The lowest BCUT2D eigenvalue weighted by Crippen LogP contribution is -2.24. The maximum Gasteiger partial charge on any atom is 0.264 e. The van der Waals surface area contributed by atoms with Crippen molar-refractivity contribution in [3.63, 3.8) is 0 Å². The number of hydrogen-bond donors (Lipinski definition) is 0. The summed E-state index contributed by atoms with van der Waals surface area (Å²) in [4.78, 5) is 18.5. The smallest absolute Gasteiger partial charge is 0.264 e. The molecule has 0 aliphatic heterocycles. The van der Waals surface area contributed by atoms with Gasteiger partial charge >= 0.3 is 0 Å². The van der Waals surface area contributed by atoms with Crippen molar-refractivity contribution < 1.29 is 4.79 Å². The first kappa shape index (κ1) is 18.7. The lowest BCUT2D eigenvalue weighted by atomic mass is 10.1. The number of nitrogens with zero attached hydrogens (tertiary/aromatic N) is 2. The Morgan fingerprint density at radius 3 is 2.07 bits per heavy atom. The standard InChI is InChI=1S/C22H14Cl2N2OS/c23-17-12-7-13-18(24)20(17)25-22-26(21(27)16-10-5-2-6-11-16)19(14-28-22)15-8-3-1-4-9-15/h1-14H. The molecule has 3 nitrogen and oxygen atoms in total. The number of aromatic nitrogens is 1. The molecule has 3 aromatic carbocycles. The maximum absolute atomic E-state index is 13.3. The quantitative estimate of drug-likeness (QED) is 0.372. The van der Waals surface area contributed by atoms with Crippen molar-refractivity contribution >= 4 is 46.1 Å². The Morgan fingerprint density at radius 1 is 0.821 bits per heavy atom. The zero-order chi connectivity index (χ0) is 19.5. The second kappa shape index (κ2) is 8.15. The van der Waals surface area contributed by atoms with Crippen molar-refractivity contribution in [2.24, 2.45) is 4.99 Å². The molecular formula is C22H14Cl2N2OS. The van der Waals surface area contributed by atoms with Gasteiger partial charge in [-0.15, -0.1) is 11.3 Å². The van der Waals surface area contributed by atoms with Crippen LogP contribution in [-0.2, 0) is 0 Å². The molecule has 0 aliphatic carbocycles.